The summed E-state index contributed by atoms with van der Waals surface area (Å²) in [7, 11) is 1.65. The number of rotatable bonds is 11. The molecule has 0 radical (unpaired) electrons. The summed E-state index contributed by atoms with van der Waals surface area (Å²) in [6.07, 6.45) is 0.906. The number of carbonyl (C=O) groups excluding carboxylic acids is 1. The van der Waals surface area contributed by atoms with Gasteiger partial charge in [-0.2, -0.15) is 0 Å². The molecule has 0 aliphatic carbocycles. The smallest absolute Gasteiger partial charge is 0.216 e. The molecule has 3 N–H and O–H groups in total. The lowest BCUT2D eigenvalue weighted by Gasteiger charge is -2.13. The number of nitrogens with one attached hydrogen (secondary N) is 3. The molecule has 1 amide bonds. The summed E-state index contributed by atoms with van der Waals surface area (Å²) in [4.78, 5) is 15.5. The van der Waals surface area contributed by atoms with Crippen molar-refractivity contribution in [3.63, 3.8) is 0 Å². The zero-order chi connectivity index (χ0) is 18.3. The van der Waals surface area contributed by atoms with Crippen LogP contribution in [-0.2, 0) is 16.1 Å². The van der Waals surface area contributed by atoms with Crippen molar-refractivity contribution in [2.24, 2.45) is 4.99 Å². The first-order chi connectivity index (χ1) is 12.2. The summed E-state index contributed by atoms with van der Waals surface area (Å²) in [6, 6.07) is 7.83. The number of aliphatic imine (C=N–C) groups is 1. The summed E-state index contributed by atoms with van der Waals surface area (Å²) in [5.41, 5.74) is 1.10. The van der Waals surface area contributed by atoms with E-state index in [0.29, 0.717) is 19.6 Å². The van der Waals surface area contributed by atoms with Gasteiger partial charge in [-0.1, -0.05) is 12.1 Å². The average Bonchev–Trinajstić information content (AvgIpc) is 2.62. The highest BCUT2D eigenvalue weighted by molar-refractivity contribution is 14.0. The zero-order valence-corrected chi connectivity index (χ0v) is 18.2. The lowest BCUT2D eigenvalue weighted by atomic mass is 10.2. The Kier molecular flexibility index (Phi) is 14.8. The zero-order valence-electron chi connectivity index (χ0n) is 15.8. The number of nitrogens with zero attached hydrogens (tertiary/aromatic N) is 1. The second-order valence-electron chi connectivity index (χ2n) is 5.40. The van der Waals surface area contributed by atoms with Crippen LogP contribution in [0.5, 0.6) is 5.75 Å². The number of halogens is 1. The molecule has 0 saturated heterocycles. The van der Waals surface area contributed by atoms with Crippen molar-refractivity contribution in [1.82, 2.24) is 16.0 Å². The topological polar surface area (TPSA) is 84.0 Å². The summed E-state index contributed by atoms with van der Waals surface area (Å²) in [5, 5.41) is 9.25. The van der Waals surface area contributed by atoms with Crippen LogP contribution >= 0.6 is 24.0 Å². The number of carbonyl (C=O) groups is 1. The molecule has 1 aromatic rings. The monoisotopic (exact) mass is 478 g/mol. The molecule has 8 heteroatoms. The molecule has 0 aliphatic rings. The molecular formula is C18H31IN4O3. The Balaban J connectivity index is 0.00000625. The van der Waals surface area contributed by atoms with Gasteiger partial charge in [-0.05, 0) is 31.0 Å². The van der Waals surface area contributed by atoms with E-state index in [1.807, 2.05) is 31.2 Å². The fourth-order valence-electron chi connectivity index (χ4n) is 2.02. The molecule has 0 unspecified atom stereocenters. The number of methoxy groups -OCH3 is 1. The molecule has 0 fully saturated rings. The molecule has 1 rings (SSSR count). The summed E-state index contributed by atoms with van der Waals surface area (Å²) < 4.78 is 10.5. The van der Waals surface area contributed by atoms with Gasteiger partial charge in [0.15, 0.2) is 5.96 Å². The van der Waals surface area contributed by atoms with Crippen LogP contribution in [0.25, 0.3) is 0 Å². The van der Waals surface area contributed by atoms with Crippen LogP contribution in [0, 0.1) is 0 Å². The maximum atomic E-state index is 10.9. The van der Waals surface area contributed by atoms with E-state index in [9.17, 15) is 4.79 Å². The lowest BCUT2D eigenvalue weighted by molar-refractivity contribution is -0.118. The van der Waals surface area contributed by atoms with Gasteiger partial charge in [0.1, 0.15) is 5.75 Å². The van der Waals surface area contributed by atoms with Crippen LogP contribution in [0.15, 0.2) is 29.3 Å². The fraction of sp³-hybridized carbons (Fsp3) is 0.556. The Bertz CT molecular complexity index is 524. The summed E-state index contributed by atoms with van der Waals surface area (Å²) in [6.45, 7) is 7.44. The van der Waals surface area contributed by atoms with Crippen LogP contribution in [-0.4, -0.2) is 51.8 Å². The van der Waals surface area contributed by atoms with E-state index in [1.165, 1.54) is 6.92 Å². The minimum atomic E-state index is -0.0387. The molecule has 0 aromatic heterocycles. The molecule has 0 aliphatic heterocycles. The average molecular weight is 478 g/mol. The standard InChI is InChI=1S/C18H30N4O3.HI/c1-4-25-13-5-10-20-18(21-12-11-19-15(2)23)22-14-16-6-8-17(24-3)9-7-16;/h6-9H,4-5,10-14H2,1-3H3,(H,19,23)(H2,20,21,22);1H. The van der Waals surface area contributed by atoms with Gasteiger partial charge in [-0.15, -0.1) is 24.0 Å². The molecule has 26 heavy (non-hydrogen) atoms. The Morgan fingerprint density at radius 2 is 1.73 bits per heavy atom. The summed E-state index contributed by atoms with van der Waals surface area (Å²) >= 11 is 0. The van der Waals surface area contributed by atoms with Crippen molar-refractivity contribution in [3.8, 4) is 5.75 Å². The minimum Gasteiger partial charge on any atom is -0.497 e. The van der Waals surface area contributed by atoms with E-state index in [4.69, 9.17) is 9.47 Å². The van der Waals surface area contributed by atoms with E-state index in [-0.39, 0.29) is 29.9 Å². The first-order valence-corrected chi connectivity index (χ1v) is 8.63. The molecule has 0 atom stereocenters. The second-order valence-corrected chi connectivity index (χ2v) is 5.40. The van der Waals surface area contributed by atoms with Crippen molar-refractivity contribution in [2.75, 3.05) is 40.0 Å². The summed E-state index contributed by atoms with van der Waals surface area (Å²) in [5.74, 6) is 1.51. The highest BCUT2D eigenvalue weighted by Crippen LogP contribution is 2.11. The first kappa shape index (κ1) is 24.5. The van der Waals surface area contributed by atoms with E-state index in [0.717, 1.165) is 43.5 Å². The van der Waals surface area contributed by atoms with E-state index in [1.54, 1.807) is 7.11 Å². The van der Waals surface area contributed by atoms with Gasteiger partial charge in [-0.25, -0.2) is 4.99 Å². The lowest BCUT2D eigenvalue weighted by Crippen LogP contribution is -2.41. The maximum absolute atomic E-state index is 10.9. The van der Waals surface area contributed by atoms with Crippen LogP contribution in [0.2, 0.25) is 0 Å². The third kappa shape index (κ3) is 11.9. The Hall–Kier alpha value is -1.55. The second kappa shape index (κ2) is 15.7. The molecule has 0 spiro atoms. The van der Waals surface area contributed by atoms with Crippen molar-refractivity contribution < 1.29 is 14.3 Å². The van der Waals surface area contributed by atoms with Gasteiger partial charge in [0.05, 0.1) is 13.7 Å². The predicted molar refractivity (Wildman–Crippen MR) is 115 cm³/mol. The molecule has 0 heterocycles. The van der Waals surface area contributed by atoms with Crippen LogP contribution in [0.1, 0.15) is 25.8 Å². The maximum Gasteiger partial charge on any atom is 0.216 e. The number of hydrogen-bond donors (Lipinski definition) is 3. The fourth-order valence-corrected chi connectivity index (χ4v) is 2.02. The Morgan fingerprint density at radius 3 is 2.35 bits per heavy atom. The van der Waals surface area contributed by atoms with Crippen molar-refractivity contribution in [3.05, 3.63) is 29.8 Å². The first-order valence-electron chi connectivity index (χ1n) is 8.63. The number of amides is 1. The molecule has 0 bridgehead atoms. The van der Waals surface area contributed by atoms with E-state index >= 15 is 0 Å². The van der Waals surface area contributed by atoms with Gasteiger partial charge < -0.3 is 25.4 Å². The molecular weight excluding hydrogens is 447 g/mol. The Morgan fingerprint density at radius 1 is 1.08 bits per heavy atom. The van der Waals surface area contributed by atoms with Crippen molar-refractivity contribution in [1.29, 1.82) is 0 Å². The molecule has 148 valence electrons. The van der Waals surface area contributed by atoms with Gasteiger partial charge >= 0.3 is 0 Å². The molecule has 1 aromatic carbocycles. The number of benzene rings is 1. The third-order valence-electron chi connectivity index (χ3n) is 3.33. The van der Waals surface area contributed by atoms with Crippen LogP contribution in [0.3, 0.4) is 0 Å². The van der Waals surface area contributed by atoms with Crippen LogP contribution < -0.4 is 20.7 Å². The molecule has 0 saturated carbocycles. The van der Waals surface area contributed by atoms with Gasteiger partial charge in [0.25, 0.3) is 0 Å². The quantitative estimate of drug-likeness (QED) is 0.196. The van der Waals surface area contributed by atoms with Gasteiger partial charge in [0, 0.05) is 39.8 Å². The number of ether oxygens (including phenoxy) is 2. The van der Waals surface area contributed by atoms with Crippen LogP contribution in [0.4, 0.5) is 0 Å². The predicted octanol–water partition coefficient (Wildman–Crippen LogP) is 1.91. The van der Waals surface area contributed by atoms with Gasteiger partial charge in [0.2, 0.25) is 5.91 Å². The van der Waals surface area contributed by atoms with Crippen molar-refractivity contribution in [2.45, 2.75) is 26.8 Å². The minimum absolute atomic E-state index is 0. The third-order valence-corrected chi connectivity index (χ3v) is 3.33. The van der Waals surface area contributed by atoms with E-state index in [2.05, 4.69) is 20.9 Å². The normalized spacial score (nSPS) is 10.7. The highest BCUT2D eigenvalue weighted by atomic mass is 127. The highest BCUT2D eigenvalue weighted by Gasteiger charge is 2.00. The largest absolute Gasteiger partial charge is 0.497 e. The number of hydrogen-bond acceptors (Lipinski definition) is 4. The number of guanidine groups is 1. The SMILES string of the molecule is CCOCCCNC(=NCc1ccc(OC)cc1)NCCNC(C)=O.I. The molecule has 7 nitrogen and oxygen atoms in total. The van der Waals surface area contributed by atoms with Gasteiger partial charge in [-0.3, -0.25) is 4.79 Å². The van der Waals surface area contributed by atoms with E-state index < -0.39 is 0 Å². The Labute approximate surface area is 173 Å². The van der Waals surface area contributed by atoms with Crippen molar-refractivity contribution >= 4 is 35.8 Å².